The first kappa shape index (κ1) is 24.4. The van der Waals surface area contributed by atoms with Gasteiger partial charge in [0, 0.05) is 24.2 Å². The van der Waals surface area contributed by atoms with Crippen molar-refractivity contribution in [2.45, 2.75) is 31.6 Å². The van der Waals surface area contributed by atoms with Gasteiger partial charge in [-0.2, -0.15) is 18.3 Å². The number of piperidine rings is 1. The van der Waals surface area contributed by atoms with E-state index in [0.29, 0.717) is 6.04 Å². The highest BCUT2D eigenvalue weighted by molar-refractivity contribution is 5.84. The van der Waals surface area contributed by atoms with Gasteiger partial charge in [-0.25, -0.2) is 14.3 Å². The number of carboxylic acids is 1. The lowest BCUT2D eigenvalue weighted by molar-refractivity contribution is -0.192. The van der Waals surface area contributed by atoms with Crippen molar-refractivity contribution in [2.24, 2.45) is 5.73 Å². The lowest BCUT2D eigenvalue weighted by Crippen LogP contribution is -2.39. The third-order valence-electron chi connectivity index (χ3n) is 5.66. The number of aromatic nitrogens is 4. The number of nitrogens with zero attached hydrogens (tertiary/aromatic N) is 5. The first-order chi connectivity index (χ1) is 16.7. The average molecular weight is 487 g/mol. The minimum absolute atomic E-state index is 0.336. The molecule has 0 radical (unpaired) electrons. The van der Waals surface area contributed by atoms with Crippen LogP contribution in [0, 0.1) is 0 Å². The molecule has 1 saturated heterocycles. The Labute approximate surface area is 198 Å². The Kier molecular flexibility index (Phi) is 7.12. The number of fused-ring (bicyclic) bond motifs is 2. The molecule has 184 valence electrons. The summed E-state index contributed by atoms with van der Waals surface area (Å²) in [5, 5.41) is 16.0. The zero-order chi connectivity index (χ0) is 25.0. The minimum atomic E-state index is -5.08. The molecule has 0 unspecified atom stereocenters. The van der Waals surface area contributed by atoms with Crippen molar-refractivity contribution in [2.75, 3.05) is 18.4 Å². The molecule has 1 fully saturated rings. The number of likely N-dealkylation sites (tertiary alicyclic amines) is 1. The number of pyridine rings is 1. The van der Waals surface area contributed by atoms with Crippen LogP contribution in [0.5, 0.6) is 0 Å². The lowest BCUT2D eigenvalue weighted by Gasteiger charge is -2.29. The Balaban J connectivity index is 0.000000364. The molecule has 12 heteroatoms. The monoisotopic (exact) mass is 487 g/mol. The van der Waals surface area contributed by atoms with E-state index in [2.05, 4.69) is 43.5 Å². The standard InChI is InChI=1S/C21H23N7.C2HF3O2/c22-17-6-8-27(9-7-17)13-16-5-10-28-20(16)21(24-14-25-28)26-18-11-15-3-1-2-4-19(15)23-12-18;3-2(4,5)1(6)7/h1-5,10-12,14,17H,6-9,13,22H2,(H,24,25,26);(H,6,7). The van der Waals surface area contributed by atoms with Gasteiger partial charge in [0.2, 0.25) is 0 Å². The molecular weight excluding hydrogens is 463 g/mol. The highest BCUT2D eigenvalue weighted by Gasteiger charge is 2.38. The molecule has 0 bridgehead atoms. The number of alkyl halides is 3. The number of carboxylic acid groups (broad SMARTS) is 1. The second kappa shape index (κ2) is 10.2. The number of hydrogen-bond acceptors (Lipinski definition) is 7. The van der Waals surface area contributed by atoms with E-state index >= 15 is 0 Å². The molecule has 0 spiro atoms. The summed E-state index contributed by atoms with van der Waals surface area (Å²) < 4.78 is 33.6. The van der Waals surface area contributed by atoms with E-state index in [1.807, 2.05) is 35.1 Å². The number of para-hydroxylation sites is 1. The van der Waals surface area contributed by atoms with Gasteiger partial charge in [0.1, 0.15) is 11.8 Å². The van der Waals surface area contributed by atoms with Crippen molar-refractivity contribution in [3.8, 4) is 0 Å². The molecule has 1 aliphatic rings. The van der Waals surface area contributed by atoms with Crippen LogP contribution in [0.2, 0.25) is 0 Å². The zero-order valence-corrected chi connectivity index (χ0v) is 18.6. The van der Waals surface area contributed by atoms with Crippen molar-refractivity contribution in [3.63, 3.8) is 0 Å². The van der Waals surface area contributed by atoms with Crippen LogP contribution in [0.25, 0.3) is 16.4 Å². The van der Waals surface area contributed by atoms with Crippen LogP contribution in [-0.2, 0) is 11.3 Å². The van der Waals surface area contributed by atoms with Gasteiger partial charge >= 0.3 is 12.1 Å². The van der Waals surface area contributed by atoms with Gasteiger partial charge in [0.25, 0.3) is 0 Å². The molecule has 0 amide bonds. The topological polar surface area (TPSA) is 122 Å². The molecule has 4 heterocycles. The van der Waals surface area contributed by atoms with Crippen LogP contribution in [0.3, 0.4) is 0 Å². The molecule has 35 heavy (non-hydrogen) atoms. The number of carbonyl (C=O) groups is 1. The number of hydrogen-bond donors (Lipinski definition) is 3. The van der Waals surface area contributed by atoms with E-state index in [-0.39, 0.29) is 0 Å². The number of nitrogens with one attached hydrogen (secondary N) is 1. The molecule has 4 aromatic rings. The molecule has 1 aromatic carbocycles. The third kappa shape index (κ3) is 6.03. The summed E-state index contributed by atoms with van der Waals surface area (Å²) in [6, 6.07) is 12.6. The van der Waals surface area contributed by atoms with Crippen LogP contribution >= 0.6 is 0 Å². The van der Waals surface area contributed by atoms with E-state index in [1.165, 1.54) is 5.56 Å². The number of aliphatic carboxylic acids is 1. The normalized spacial score (nSPS) is 15.1. The molecule has 4 N–H and O–H groups in total. The number of halogens is 3. The summed E-state index contributed by atoms with van der Waals surface area (Å²) in [7, 11) is 0. The van der Waals surface area contributed by atoms with Crippen LogP contribution < -0.4 is 11.1 Å². The Hall–Kier alpha value is -3.77. The molecule has 0 atom stereocenters. The van der Waals surface area contributed by atoms with Gasteiger partial charge in [0.05, 0.1) is 17.4 Å². The van der Waals surface area contributed by atoms with Crippen LogP contribution in [0.1, 0.15) is 18.4 Å². The van der Waals surface area contributed by atoms with Crippen molar-refractivity contribution in [1.82, 2.24) is 24.5 Å². The average Bonchev–Trinajstić information content (AvgIpc) is 3.24. The molecule has 0 saturated carbocycles. The summed E-state index contributed by atoms with van der Waals surface area (Å²) in [5.74, 6) is -1.96. The van der Waals surface area contributed by atoms with Crippen molar-refractivity contribution < 1.29 is 23.1 Å². The number of rotatable bonds is 4. The van der Waals surface area contributed by atoms with E-state index < -0.39 is 12.1 Å². The van der Waals surface area contributed by atoms with E-state index in [4.69, 9.17) is 15.6 Å². The van der Waals surface area contributed by atoms with Crippen LogP contribution in [0.15, 0.2) is 55.1 Å². The minimum Gasteiger partial charge on any atom is -0.475 e. The Morgan fingerprint density at radius 1 is 1.17 bits per heavy atom. The largest absolute Gasteiger partial charge is 0.490 e. The molecular formula is C23H24F3N7O2. The summed E-state index contributed by atoms with van der Waals surface area (Å²) in [6.07, 6.45) is 2.43. The second-order valence-corrected chi connectivity index (χ2v) is 8.20. The zero-order valence-electron chi connectivity index (χ0n) is 18.6. The first-order valence-electron chi connectivity index (χ1n) is 10.9. The fraction of sp³-hybridized carbons (Fsp3) is 0.304. The number of benzene rings is 1. The van der Waals surface area contributed by atoms with E-state index in [9.17, 15) is 13.2 Å². The first-order valence-corrected chi connectivity index (χ1v) is 10.9. The van der Waals surface area contributed by atoms with Gasteiger partial charge in [-0.1, -0.05) is 18.2 Å². The fourth-order valence-electron chi connectivity index (χ4n) is 3.87. The molecule has 3 aromatic heterocycles. The predicted octanol–water partition coefficient (Wildman–Crippen LogP) is 3.58. The van der Waals surface area contributed by atoms with Gasteiger partial charge in [-0.3, -0.25) is 9.88 Å². The van der Waals surface area contributed by atoms with Crippen LogP contribution in [0.4, 0.5) is 24.7 Å². The number of nitrogens with two attached hydrogens (primary N) is 1. The maximum Gasteiger partial charge on any atom is 0.490 e. The quantitative estimate of drug-likeness (QED) is 0.399. The smallest absolute Gasteiger partial charge is 0.475 e. The Bertz CT molecular complexity index is 1320. The Morgan fingerprint density at radius 3 is 2.60 bits per heavy atom. The number of anilines is 2. The highest BCUT2D eigenvalue weighted by Crippen LogP contribution is 2.26. The van der Waals surface area contributed by atoms with Crippen molar-refractivity contribution in [1.29, 1.82) is 0 Å². The molecule has 1 aliphatic heterocycles. The maximum atomic E-state index is 10.6. The summed E-state index contributed by atoms with van der Waals surface area (Å²) in [6.45, 7) is 2.94. The lowest BCUT2D eigenvalue weighted by atomic mass is 10.1. The molecule has 5 rings (SSSR count). The SMILES string of the molecule is NC1CCN(Cc2ccn3ncnc(Nc4cnc5ccccc5c4)c23)CC1.O=C(O)C(F)(F)F. The van der Waals surface area contributed by atoms with Gasteiger partial charge in [0.15, 0.2) is 5.82 Å². The summed E-state index contributed by atoms with van der Waals surface area (Å²) in [4.78, 5) is 20.4. The highest BCUT2D eigenvalue weighted by atomic mass is 19.4. The fourth-order valence-corrected chi connectivity index (χ4v) is 3.87. The second-order valence-electron chi connectivity index (χ2n) is 8.20. The molecule has 0 aliphatic carbocycles. The maximum absolute atomic E-state index is 10.6. The third-order valence-corrected chi connectivity index (χ3v) is 5.66. The molecule has 9 nitrogen and oxygen atoms in total. The summed E-state index contributed by atoms with van der Waals surface area (Å²) >= 11 is 0. The summed E-state index contributed by atoms with van der Waals surface area (Å²) in [5.41, 5.74) is 10.2. The van der Waals surface area contributed by atoms with Gasteiger partial charge in [-0.05, 0) is 49.7 Å². The van der Waals surface area contributed by atoms with E-state index in [0.717, 1.165) is 60.4 Å². The van der Waals surface area contributed by atoms with Gasteiger partial charge in [-0.15, -0.1) is 0 Å². The van der Waals surface area contributed by atoms with Crippen molar-refractivity contribution in [3.05, 3.63) is 60.7 Å². The Morgan fingerprint density at radius 2 is 1.89 bits per heavy atom. The van der Waals surface area contributed by atoms with E-state index in [1.54, 1.807) is 6.33 Å². The van der Waals surface area contributed by atoms with Crippen molar-refractivity contribution >= 4 is 33.9 Å². The van der Waals surface area contributed by atoms with Gasteiger partial charge < -0.3 is 16.2 Å². The predicted molar refractivity (Wildman–Crippen MR) is 124 cm³/mol. The van der Waals surface area contributed by atoms with Crippen LogP contribution in [-0.4, -0.2) is 60.9 Å².